The fourth-order valence-corrected chi connectivity index (χ4v) is 3.81. The lowest BCUT2D eigenvalue weighted by atomic mass is 10.0. The summed E-state index contributed by atoms with van der Waals surface area (Å²) in [6.45, 7) is 8.25. The Bertz CT molecular complexity index is 861. The van der Waals surface area contributed by atoms with Crippen molar-refractivity contribution in [2.45, 2.75) is 104 Å². The number of azo groups is 1. The number of carbonyl (C=O) groups is 1. The monoisotopic (exact) mass is 508 g/mol. The molecule has 1 N–H and O–H groups in total. The molecule has 0 saturated carbocycles. The van der Waals surface area contributed by atoms with Gasteiger partial charge in [-0.2, -0.15) is 10.2 Å². The fourth-order valence-electron chi connectivity index (χ4n) is 3.81. The maximum absolute atomic E-state index is 9.25. The molecule has 0 aliphatic heterocycles. The van der Waals surface area contributed by atoms with Crippen molar-refractivity contribution in [1.82, 2.24) is 0 Å². The largest absolute Gasteiger partial charge is 0.494 e. The van der Waals surface area contributed by atoms with Gasteiger partial charge in [0.15, 0.2) is 0 Å². The standard InChI is InChI=1S/C29H44N2O.C3H4O2/c1-3-5-7-9-10-11-12-13-14-16-26-17-19-27(20-18-26)30-31-28-21-23-29(24-22-28)32-25-15-8-6-4-2;1-2-3(4)5/h17-24H,3-16,25H2,1-2H3;2H,1H2,(H,4,5)/b31-30+;. The van der Waals surface area contributed by atoms with Gasteiger partial charge in [0.1, 0.15) is 5.75 Å². The van der Waals surface area contributed by atoms with Crippen LogP contribution in [0, 0.1) is 0 Å². The number of unbranched alkanes of at least 4 members (excludes halogenated alkanes) is 11. The van der Waals surface area contributed by atoms with E-state index in [0.717, 1.165) is 42.6 Å². The Morgan fingerprint density at radius 1 is 0.730 bits per heavy atom. The molecule has 5 heteroatoms. The lowest BCUT2D eigenvalue weighted by molar-refractivity contribution is -0.131. The molecule has 5 nitrogen and oxygen atoms in total. The van der Waals surface area contributed by atoms with Crippen LogP contribution in [0.25, 0.3) is 0 Å². The number of carboxylic acid groups (broad SMARTS) is 1. The summed E-state index contributed by atoms with van der Waals surface area (Å²) in [5, 5.41) is 16.3. The van der Waals surface area contributed by atoms with Crippen LogP contribution in [0.15, 0.2) is 71.4 Å². The Balaban J connectivity index is 0.00000124. The molecule has 0 aromatic heterocycles. The number of benzene rings is 2. The summed E-state index contributed by atoms with van der Waals surface area (Å²) in [4.78, 5) is 9.25. The van der Waals surface area contributed by atoms with Crippen LogP contribution in [0.2, 0.25) is 0 Å². The highest BCUT2D eigenvalue weighted by molar-refractivity contribution is 5.78. The zero-order valence-corrected chi connectivity index (χ0v) is 23.2. The normalized spacial score (nSPS) is 10.6. The summed E-state index contributed by atoms with van der Waals surface area (Å²) in [6, 6.07) is 16.4. The van der Waals surface area contributed by atoms with Crippen LogP contribution in [0.4, 0.5) is 11.4 Å². The summed E-state index contributed by atoms with van der Waals surface area (Å²) in [5.74, 6) is -0.0775. The third-order valence-corrected chi connectivity index (χ3v) is 6.06. The Morgan fingerprint density at radius 2 is 1.16 bits per heavy atom. The van der Waals surface area contributed by atoms with Gasteiger partial charge in [-0.15, -0.1) is 0 Å². The molecular formula is C32H48N2O3. The second-order valence-electron chi connectivity index (χ2n) is 9.39. The van der Waals surface area contributed by atoms with Crippen molar-refractivity contribution in [3.8, 4) is 5.75 Å². The molecule has 0 radical (unpaired) electrons. The topological polar surface area (TPSA) is 71.2 Å². The third-order valence-electron chi connectivity index (χ3n) is 6.06. The molecule has 0 aliphatic rings. The molecule has 0 bridgehead atoms. The molecule has 0 spiro atoms. The molecule has 0 amide bonds. The Morgan fingerprint density at radius 3 is 1.65 bits per heavy atom. The summed E-state index contributed by atoms with van der Waals surface area (Å²) in [7, 11) is 0. The number of hydrogen-bond acceptors (Lipinski definition) is 4. The Hall–Kier alpha value is -2.95. The number of aryl methyl sites for hydroxylation is 1. The molecule has 37 heavy (non-hydrogen) atoms. The van der Waals surface area contributed by atoms with Gasteiger partial charge >= 0.3 is 5.97 Å². The van der Waals surface area contributed by atoms with E-state index < -0.39 is 5.97 Å². The maximum atomic E-state index is 9.25. The Labute approximate surface area is 225 Å². The first kappa shape index (κ1) is 32.1. The van der Waals surface area contributed by atoms with Gasteiger partial charge in [-0.3, -0.25) is 0 Å². The summed E-state index contributed by atoms with van der Waals surface area (Å²) in [6.07, 6.45) is 19.3. The van der Waals surface area contributed by atoms with E-state index in [2.05, 4.69) is 54.9 Å². The van der Waals surface area contributed by atoms with Crippen LogP contribution < -0.4 is 4.74 Å². The molecule has 2 rings (SSSR count). The van der Waals surface area contributed by atoms with E-state index in [1.165, 1.54) is 82.6 Å². The van der Waals surface area contributed by atoms with Gasteiger partial charge in [0.2, 0.25) is 0 Å². The number of ether oxygens (including phenoxy) is 1. The van der Waals surface area contributed by atoms with Gasteiger partial charge in [0.05, 0.1) is 18.0 Å². The minimum absolute atomic E-state index is 0.784. The molecule has 0 saturated heterocycles. The smallest absolute Gasteiger partial charge is 0.327 e. The van der Waals surface area contributed by atoms with Crippen molar-refractivity contribution in [1.29, 1.82) is 0 Å². The van der Waals surface area contributed by atoms with Crippen molar-refractivity contribution in [2.24, 2.45) is 10.2 Å². The van der Waals surface area contributed by atoms with E-state index >= 15 is 0 Å². The second kappa shape index (κ2) is 22.3. The molecule has 2 aromatic rings. The van der Waals surface area contributed by atoms with E-state index in [-0.39, 0.29) is 0 Å². The lowest BCUT2D eigenvalue weighted by Crippen LogP contribution is -1.96. The van der Waals surface area contributed by atoms with Gasteiger partial charge in [-0.1, -0.05) is 103 Å². The van der Waals surface area contributed by atoms with E-state index in [0.29, 0.717) is 0 Å². The highest BCUT2D eigenvalue weighted by Gasteiger charge is 1.98. The predicted octanol–water partition coefficient (Wildman–Crippen LogP) is 10.4. The lowest BCUT2D eigenvalue weighted by Gasteiger charge is -2.05. The number of carboxylic acids is 1. The molecule has 0 aliphatic carbocycles. The Kier molecular flexibility index (Phi) is 19.3. The molecule has 204 valence electrons. The minimum Gasteiger partial charge on any atom is -0.494 e. The third kappa shape index (κ3) is 18.0. The molecular weight excluding hydrogens is 460 g/mol. The average molecular weight is 509 g/mol. The first-order chi connectivity index (χ1) is 18.1. The highest BCUT2D eigenvalue weighted by Crippen LogP contribution is 2.22. The number of aliphatic carboxylic acids is 1. The van der Waals surface area contributed by atoms with Crippen LogP contribution in [-0.4, -0.2) is 17.7 Å². The van der Waals surface area contributed by atoms with Gasteiger partial charge in [-0.05, 0) is 61.2 Å². The van der Waals surface area contributed by atoms with Crippen LogP contribution in [0.1, 0.15) is 103 Å². The zero-order chi connectivity index (χ0) is 27.0. The van der Waals surface area contributed by atoms with Crippen molar-refractivity contribution >= 4 is 17.3 Å². The molecule has 0 atom stereocenters. The number of nitrogens with zero attached hydrogens (tertiary/aromatic N) is 2. The molecule has 0 unspecified atom stereocenters. The van der Waals surface area contributed by atoms with Crippen LogP contribution in [-0.2, 0) is 11.2 Å². The van der Waals surface area contributed by atoms with E-state index in [9.17, 15) is 4.79 Å². The van der Waals surface area contributed by atoms with Crippen molar-refractivity contribution in [3.63, 3.8) is 0 Å². The van der Waals surface area contributed by atoms with Crippen LogP contribution in [0.3, 0.4) is 0 Å². The zero-order valence-electron chi connectivity index (χ0n) is 23.2. The van der Waals surface area contributed by atoms with Crippen molar-refractivity contribution in [3.05, 3.63) is 66.7 Å². The quantitative estimate of drug-likeness (QED) is 0.116. The van der Waals surface area contributed by atoms with Crippen LogP contribution in [0.5, 0.6) is 5.75 Å². The van der Waals surface area contributed by atoms with Crippen molar-refractivity contribution < 1.29 is 14.6 Å². The maximum Gasteiger partial charge on any atom is 0.327 e. The summed E-state index contributed by atoms with van der Waals surface area (Å²) < 4.78 is 5.78. The van der Waals surface area contributed by atoms with Gasteiger partial charge in [0, 0.05) is 6.08 Å². The predicted molar refractivity (Wildman–Crippen MR) is 155 cm³/mol. The molecule has 0 heterocycles. The SMILES string of the molecule is C=CC(=O)O.CCCCCCCCCCCc1ccc(/N=N/c2ccc(OCCCCCC)cc2)cc1. The first-order valence-electron chi connectivity index (χ1n) is 14.2. The summed E-state index contributed by atoms with van der Waals surface area (Å²) in [5.41, 5.74) is 3.14. The molecule has 2 aromatic carbocycles. The fraction of sp³-hybridized carbons (Fsp3) is 0.531. The summed E-state index contributed by atoms with van der Waals surface area (Å²) >= 11 is 0. The second-order valence-corrected chi connectivity index (χ2v) is 9.39. The van der Waals surface area contributed by atoms with Gasteiger partial charge in [-0.25, -0.2) is 4.79 Å². The van der Waals surface area contributed by atoms with Gasteiger partial charge in [0.25, 0.3) is 0 Å². The highest BCUT2D eigenvalue weighted by atomic mass is 16.5. The first-order valence-corrected chi connectivity index (χ1v) is 14.2. The average Bonchev–Trinajstić information content (AvgIpc) is 2.92. The van der Waals surface area contributed by atoms with Crippen LogP contribution >= 0.6 is 0 Å². The van der Waals surface area contributed by atoms with E-state index in [1.807, 2.05) is 24.3 Å². The number of rotatable bonds is 19. The van der Waals surface area contributed by atoms with E-state index in [1.54, 1.807) is 0 Å². The minimum atomic E-state index is -0.981. The molecule has 0 fully saturated rings. The van der Waals surface area contributed by atoms with Crippen molar-refractivity contribution in [2.75, 3.05) is 6.61 Å². The van der Waals surface area contributed by atoms with Gasteiger partial charge < -0.3 is 9.84 Å². The van der Waals surface area contributed by atoms with E-state index in [4.69, 9.17) is 9.84 Å². The number of hydrogen-bond donors (Lipinski definition) is 1.